The van der Waals surface area contributed by atoms with Gasteiger partial charge in [-0.3, -0.25) is 9.59 Å². The zero-order valence-electron chi connectivity index (χ0n) is 11.1. The van der Waals surface area contributed by atoms with E-state index in [0.29, 0.717) is 11.4 Å². The molecule has 1 aromatic carbocycles. The number of anilines is 1. The molecule has 0 fully saturated rings. The lowest BCUT2D eigenvalue weighted by molar-refractivity contribution is -0.119. The van der Waals surface area contributed by atoms with Gasteiger partial charge >= 0.3 is 0 Å². The first-order chi connectivity index (χ1) is 9.47. The Morgan fingerprint density at radius 3 is 2.55 bits per heavy atom. The Bertz CT molecular complexity index is 680. The lowest BCUT2D eigenvalue weighted by Crippen LogP contribution is -2.33. The Morgan fingerprint density at radius 2 is 1.90 bits per heavy atom. The maximum Gasteiger partial charge on any atom is 0.267 e. The molecule has 2 aromatic rings. The van der Waals surface area contributed by atoms with E-state index in [1.54, 1.807) is 32.0 Å². The molecule has 6 heteroatoms. The summed E-state index contributed by atoms with van der Waals surface area (Å²) in [6.45, 7) is 3.41. The van der Waals surface area contributed by atoms with Crippen molar-refractivity contribution in [2.24, 2.45) is 0 Å². The Labute approximate surface area is 124 Å². The zero-order chi connectivity index (χ0) is 14.7. The first-order valence-corrected chi connectivity index (χ1v) is 6.89. The van der Waals surface area contributed by atoms with Crippen molar-refractivity contribution in [3.8, 4) is 0 Å². The molecule has 2 rings (SSSR count). The fourth-order valence-corrected chi connectivity index (χ4v) is 1.95. The number of carbonyl (C=O) groups excluding carboxylic acids is 1. The van der Waals surface area contributed by atoms with Crippen LogP contribution in [0.5, 0.6) is 0 Å². The fourth-order valence-electron chi connectivity index (χ4n) is 1.69. The first kappa shape index (κ1) is 14.5. The van der Waals surface area contributed by atoms with Crippen molar-refractivity contribution in [2.75, 3.05) is 5.32 Å². The van der Waals surface area contributed by atoms with Crippen LogP contribution >= 0.6 is 15.9 Å². The van der Waals surface area contributed by atoms with Gasteiger partial charge in [-0.1, -0.05) is 15.9 Å². The third kappa shape index (κ3) is 3.33. The topological polar surface area (TPSA) is 64.0 Å². The van der Waals surface area contributed by atoms with Gasteiger partial charge in [-0.05, 0) is 44.2 Å². The SMILES string of the molecule is Cc1ccc(=O)n(C(C)C(=O)Nc2ccc(Br)cc2)n1. The second-order valence-corrected chi connectivity index (χ2v) is 5.35. The molecular weight excluding hydrogens is 322 g/mol. The lowest BCUT2D eigenvalue weighted by Gasteiger charge is -2.14. The molecule has 1 amide bonds. The smallest absolute Gasteiger partial charge is 0.267 e. The third-order valence-electron chi connectivity index (χ3n) is 2.82. The largest absolute Gasteiger partial charge is 0.324 e. The molecule has 0 saturated heterocycles. The van der Waals surface area contributed by atoms with Gasteiger partial charge in [-0.15, -0.1) is 0 Å². The highest BCUT2D eigenvalue weighted by Gasteiger charge is 2.17. The number of hydrogen-bond acceptors (Lipinski definition) is 3. The van der Waals surface area contributed by atoms with Gasteiger partial charge in [0.15, 0.2) is 0 Å². The van der Waals surface area contributed by atoms with Gasteiger partial charge in [0.05, 0.1) is 5.69 Å². The molecule has 104 valence electrons. The number of amides is 1. The van der Waals surface area contributed by atoms with Crippen molar-refractivity contribution < 1.29 is 4.79 Å². The summed E-state index contributed by atoms with van der Waals surface area (Å²) in [5.41, 5.74) is 1.06. The molecule has 0 bridgehead atoms. The van der Waals surface area contributed by atoms with Crippen LogP contribution in [0.1, 0.15) is 18.7 Å². The molecule has 1 heterocycles. The maximum atomic E-state index is 12.1. The minimum Gasteiger partial charge on any atom is -0.324 e. The maximum absolute atomic E-state index is 12.1. The van der Waals surface area contributed by atoms with Crippen molar-refractivity contribution in [2.45, 2.75) is 19.9 Å². The summed E-state index contributed by atoms with van der Waals surface area (Å²) >= 11 is 3.33. The summed E-state index contributed by atoms with van der Waals surface area (Å²) < 4.78 is 2.11. The average Bonchev–Trinajstić information content (AvgIpc) is 2.43. The number of carbonyl (C=O) groups is 1. The molecule has 0 aliphatic rings. The molecule has 0 spiro atoms. The number of rotatable bonds is 3. The predicted octanol–water partition coefficient (Wildman–Crippen LogP) is 2.51. The van der Waals surface area contributed by atoms with Gasteiger partial charge in [0.2, 0.25) is 5.91 Å². The molecule has 0 aliphatic carbocycles. The van der Waals surface area contributed by atoms with Crippen LogP contribution in [0.3, 0.4) is 0 Å². The molecule has 20 heavy (non-hydrogen) atoms. The van der Waals surface area contributed by atoms with Crippen LogP contribution in [0, 0.1) is 6.92 Å². The lowest BCUT2D eigenvalue weighted by atomic mass is 10.2. The summed E-state index contributed by atoms with van der Waals surface area (Å²) in [6.07, 6.45) is 0. The van der Waals surface area contributed by atoms with Gasteiger partial charge < -0.3 is 5.32 Å². The molecule has 5 nitrogen and oxygen atoms in total. The van der Waals surface area contributed by atoms with Crippen molar-refractivity contribution in [1.82, 2.24) is 9.78 Å². The highest BCUT2D eigenvalue weighted by atomic mass is 79.9. The number of nitrogens with zero attached hydrogens (tertiary/aromatic N) is 2. The third-order valence-corrected chi connectivity index (χ3v) is 3.35. The van der Waals surface area contributed by atoms with Gasteiger partial charge in [-0.2, -0.15) is 5.10 Å². The van der Waals surface area contributed by atoms with Crippen LogP contribution in [-0.2, 0) is 4.79 Å². The van der Waals surface area contributed by atoms with E-state index in [9.17, 15) is 9.59 Å². The van der Waals surface area contributed by atoms with E-state index < -0.39 is 6.04 Å². The molecule has 1 atom stereocenters. The number of nitrogens with one attached hydrogen (secondary N) is 1. The molecule has 1 N–H and O–H groups in total. The molecule has 1 unspecified atom stereocenters. The van der Waals surface area contributed by atoms with Crippen molar-refractivity contribution >= 4 is 27.5 Å². The van der Waals surface area contributed by atoms with E-state index in [1.165, 1.54) is 10.7 Å². The van der Waals surface area contributed by atoms with Crippen LogP contribution < -0.4 is 10.9 Å². The van der Waals surface area contributed by atoms with Gasteiger partial charge in [0.1, 0.15) is 6.04 Å². The first-order valence-electron chi connectivity index (χ1n) is 6.10. The molecule has 1 aromatic heterocycles. The Morgan fingerprint density at radius 1 is 1.25 bits per heavy atom. The Hall–Kier alpha value is -1.95. The van der Waals surface area contributed by atoms with Crippen molar-refractivity contribution in [3.63, 3.8) is 0 Å². The molecule has 0 saturated carbocycles. The minimum atomic E-state index is -0.675. The summed E-state index contributed by atoms with van der Waals surface area (Å²) in [4.78, 5) is 23.9. The molecule has 0 radical (unpaired) electrons. The highest BCUT2D eigenvalue weighted by Crippen LogP contribution is 2.15. The predicted molar refractivity (Wildman–Crippen MR) is 80.7 cm³/mol. The van der Waals surface area contributed by atoms with Crippen LogP contribution in [0.15, 0.2) is 45.7 Å². The van der Waals surface area contributed by atoms with Gasteiger partial charge in [0.25, 0.3) is 5.56 Å². The molecule has 0 aliphatic heterocycles. The number of hydrogen-bond donors (Lipinski definition) is 1. The van der Waals surface area contributed by atoms with Gasteiger partial charge in [-0.25, -0.2) is 4.68 Å². The monoisotopic (exact) mass is 335 g/mol. The zero-order valence-corrected chi connectivity index (χ0v) is 12.7. The second-order valence-electron chi connectivity index (χ2n) is 4.43. The minimum absolute atomic E-state index is 0.285. The summed E-state index contributed by atoms with van der Waals surface area (Å²) in [7, 11) is 0. The number of halogens is 1. The summed E-state index contributed by atoms with van der Waals surface area (Å²) in [6, 6.07) is 9.58. The average molecular weight is 336 g/mol. The normalized spacial score (nSPS) is 11.9. The standard InChI is InChI=1S/C14H14BrN3O2/c1-9-3-8-13(19)18(17-9)10(2)14(20)16-12-6-4-11(15)5-7-12/h3-8,10H,1-2H3,(H,16,20). The summed E-state index contributed by atoms with van der Waals surface area (Å²) in [5.74, 6) is -0.285. The number of aromatic nitrogens is 2. The van der Waals surface area contributed by atoms with E-state index in [4.69, 9.17) is 0 Å². The van der Waals surface area contributed by atoms with Crippen LogP contribution in [0.4, 0.5) is 5.69 Å². The number of aryl methyl sites for hydroxylation is 1. The fraction of sp³-hybridized carbons (Fsp3) is 0.214. The van der Waals surface area contributed by atoms with E-state index >= 15 is 0 Å². The summed E-state index contributed by atoms with van der Waals surface area (Å²) in [5, 5.41) is 6.84. The van der Waals surface area contributed by atoms with E-state index in [0.717, 1.165) is 4.47 Å². The van der Waals surface area contributed by atoms with Crippen LogP contribution in [-0.4, -0.2) is 15.7 Å². The van der Waals surface area contributed by atoms with E-state index in [-0.39, 0.29) is 11.5 Å². The van der Waals surface area contributed by atoms with Crippen LogP contribution in [0.25, 0.3) is 0 Å². The van der Waals surface area contributed by atoms with Crippen molar-refractivity contribution in [3.05, 3.63) is 56.9 Å². The highest BCUT2D eigenvalue weighted by molar-refractivity contribution is 9.10. The molecular formula is C14H14BrN3O2. The Kier molecular flexibility index (Phi) is 4.34. The van der Waals surface area contributed by atoms with E-state index in [1.807, 2.05) is 12.1 Å². The second kappa shape index (κ2) is 6.00. The van der Waals surface area contributed by atoms with Gasteiger partial charge in [0, 0.05) is 16.2 Å². The quantitative estimate of drug-likeness (QED) is 0.937. The van der Waals surface area contributed by atoms with E-state index in [2.05, 4.69) is 26.3 Å². The Balaban J connectivity index is 2.18. The number of benzene rings is 1. The van der Waals surface area contributed by atoms with Crippen LogP contribution in [0.2, 0.25) is 0 Å². The van der Waals surface area contributed by atoms with Crippen molar-refractivity contribution in [1.29, 1.82) is 0 Å².